The van der Waals surface area contributed by atoms with E-state index in [-0.39, 0.29) is 10.8 Å². The van der Waals surface area contributed by atoms with E-state index in [0.717, 1.165) is 16.9 Å². The number of ether oxygens (including phenoxy) is 2. The first-order valence-corrected chi connectivity index (χ1v) is 11.4. The third-order valence-electron chi connectivity index (χ3n) is 5.05. The molecule has 7 nitrogen and oxygen atoms in total. The van der Waals surface area contributed by atoms with Crippen molar-refractivity contribution in [1.82, 2.24) is 9.62 Å². The third kappa shape index (κ3) is 5.19. The van der Waals surface area contributed by atoms with Gasteiger partial charge < -0.3 is 14.8 Å². The number of sulfonamides is 1. The molecule has 0 spiro atoms. The summed E-state index contributed by atoms with van der Waals surface area (Å²) in [7, 11) is -3.66. The molecule has 2 aromatic rings. The van der Waals surface area contributed by atoms with E-state index in [2.05, 4.69) is 5.32 Å². The Labute approximate surface area is 178 Å². The van der Waals surface area contributed by atoms with Crippen molar-refractivity contribution in [2.45, 2.75) is 25.7 Å². The molecule has 0 unspecified atom stereocenters. The monoisotopic (exact) mass is 432 g/mol. The summed E-state index contributed by atoms with van der Waals surface area (Å²) in [6.07, 6.45) is 0. The van der Waals surface area contributed by atoms with Gasteiger partial charge in [-0.1, -0.05) is 18.2 Å². The van der Waals surface area contributed by atoms with E-state index in [1.807, 2.05) is 32.0 Å². The third-order valence-corrected chi connectivity index (χ3v) is 6.94. The molecule has 1 aliphatic heterocycles. The Morgan fingerprint density at radius 3 is 2.50 bits per heavy atom. The van der Waals surface area contributed by atoms with Crippen LogP contribution >= 0.6 is 0 Å². The smallest absolute Gasteiger partial charge is 0.251 e. The second-order valence-corrected chi connectivity index (χ2v) is 9.30. The second-order valence-electron chi connectivity index (χ2n) is 7.37. The zero-order valence-electron chi connectivity index (χ0n) is 17.6. The Morgan fingerprint density at radius 1 is 1.07 bits per heavy atom. The number of morpholine rings is 1. The molecule has 1 fully saturated rings. The molecule has 0 aliphatic carbocycles. The molecule has 8 heteroatoms. The highest BCUT2D eigenvalue weighted by atomic mass is 32.2. The van der Waals surface area contributed by atoms with Gasteiger partial charge in [0.25, 0.3) is 5.91 Å². The molecule has 2 aromatic carbocycles. The van der Waals surface area contributed by atoms with Gasteiger partial charge in [-0.25, -0.2) is 8.42 Å². The van der Waals surface area contributed by atoms with E-state index in [1.54, 1.807) is 19.1 Å². The number of hydrogen-bond donors (Lipinski definition) is 1. The quantitative estimate of drug-likeness (QED) is 0.680. The van der Waals surface area contributed by atoms with Crippen LogP contribution < -0.4 is 10.1 Å². The predicted molar refractivity (Wildman–Crippen MR) is 115 cm³/mol. The highest BCUT2D eigenvalue weighted by Crippen LogP contribution is 2.21. The summed E-state index contributed by atoms with van der Waals surface area (Å²) in [6.45, 7) is 7.75. The minimum absolute atomic E-state index is 0.117. The number of rotatable bonds is 7. The van der Waals surface area contributed by atoms with E-state index < -0.39 is 10.0 Å². The summed E-state index contributed by atoms with van der Waals surface area (Å²) in [5.74, 6) is 0.468. The van der Waals surface area contributed by atoms with E-state index in [4.69, 9.17) is 9.47 Å². The second kappa shape index (κ2) is 9.59. The summed E-state index contributed by atoms with van der Waals surface area (Å²) >= 11 is 0. The van der Waals surface area contributed by atoms with Gasteiger partial charge in [-0.05, 0) is 55.7 Å². The first kappa shape index (κ1) is 22.3. The SMILES string of the molecule is Cc1ccc(C)c(OCCNC(=O)c2cc(S(=O)(=O)N3CCOCC3)ccc2C)c1. The highest BCUT2D eigenvalue weighted by Gasteiger charge is 2.27. The molecular formula is C22H28N2O5S. The van der Waals surface area contributed by atoms with Crippen LogP contribution in [0.15, 0.2) is 41.3 Å². The maximum absolute atomic E-state index is 12.9. The van der Waals surface area contributed by atoms with Gasteiger partial charge in [0.2, 0.25) is 10.0 Å². The lowest BCUT2D eigenvalue weighted by Crippen LogP contribution is -2.40. The number of hydrogen-bond acceptors (Lipinski definition) is 5. The van der Waals surface area contributed by atoms with Gasteiger partial charge in [0.1, 0.15) is 12.4 Å². The van der Waals surface area contributed by atoms with E-state index in [9.17, 15) is 13.2 Å². The Hall–Kier alpha value is -2.42. The van der Waals surface area contributed by atoms with Crippen LogP contribution in [-0.2, 0) is 14.8 Å². The summed E-state index contributed by atoms with van der Waals surface area (Å²) in [5.41, 5.74) is 3.19. The average molecular weight is 433 g/mol. The van der Waals surface area contributed by atoms with Gasteiger partial charge in [-0.2, -0.15) is 4.31 Å². The topological polar surface area (TPSA) is 84.9 Å². The number of nitrogens with one attached hydrogen (secondary N) is 1. The first-order valence-electron chi connectivity index (χ1n) is 9.96. The molecule has 1 heterocycles. The lowest BCUT2D eigenvalue weighted by molar-refractivity contribution is 0.0730. The lowest BCUT2D eigenvalue weighted by Gasteiger charge is -2.26. The normalized spacial score (nSPS) is 15.0. The van der Waals surface area contributed by atoms with Crippen LogP contribution in [0.1, 0.15) is 27.0 Å². The molecule has 1 amide bonds. The van der Waals surface area contributed by atoms with Crippen LogP contribution in [0.3, 0.4) is 0 Å². The Morgan fingerprint density at radius 2 is 1.77 bits per heavy atom. The van der Waals surface area contributed by atoms with Crippen molar-refractivity contribution < 1.29 is 22.7 Å². The first-order chi connectivity index (χ1) is 14.3. The molecule has 0 atom stereocenters. The van der Waals surface area contributed by atoms with Crippen molar-refractivity contribution in [1.29, 1.82) is 0 Å². The summed E-state index contributed by atoms with van der Waals surface area (Å²) in [6, 6.07) is 10.6. The lowest BCUT2D eigenvalue weighted by atomic mass is 10.1. The number of nitrogens with zero attached hydrogens (tertiary/aromatic N) is 1. The number of amides is 1. The van der Waals surface area contributed by atoms with Gasteiger partial charge in [0.05, 0.1) is 24.7 Å². The molecule has 1 N–H and O–H groups in total. The van der Waals surface area contributed by atoms with Crippen LogP contribution in [-0.4, -0.2) is 58.1 Å². The fraction of sp³-hybridized carbons (Fsp3) is 0.409. The minimum atomic E-state index is -3.66. The number of aryl methyl sites for hydroxylation is 3. The van der Waals surface area contributed by atoms with Gasteiger partial charge in [0.15, 0.2) is 0 Å². The number of carbonyl (C=O) groups excluding carboxylic acids is 1. The van der Waals surface area contributed by atoms with Crippen LogP contribution in [0.25, 0.3) is 0 Å². The minimum Gasteiger partial charge on any atom is -0.491 e. The predicted octanol–water partition coefficient (Wildman–Crippen LogP) is 2.44. The molecule has 0 bridgehead atoms. The van der Waals surface area contributed by atoms with Gasteiger partial charge >= 0.3 is 0 Å². The molecule has 0 saturated carbocycles. The summed E-state index contributed by atoms with van der Waals surface area (Å²) < 4.78 is 38.1. The number of benzene rings is 2. The summed E-state index contributed by atoms with van der Waals surface area (Å²) in [4.78, 5) is 12.8. The fourth-order valence-electron chi connectivity index (χ4n) is 3.23. The van der Waals surface area contributed by atoms with Crippen molar-refractivity contribution in [2.75, 3.05) is 39.5 Å². The Balaban J connectivity index is 1.64. The maximum Gasteiger partial charge on any atom is 0.251 e. The van der Waals surface area contributed by atoms with Crippen molar-refractivity contribution in [3.63, 3.8) is 0 Å². The molecule has 162 valence electrons. The molecule has 0 aromatic heterocycles. The molecular weight excluding hydrogens is 404 g/mol. The van der Waals surface area contributed by atoms with Gasteiger partial charge in [-0.3, -0.25) is 4.79 Å². The number of carbonyl (C=O) groups is 1. The highest BCUT2D eigenvalue weighted by molar-refractivity contribution is 7.89. The van der Waals surface area contributed by atoms with E-state index in [1.165, 1.54) is 10.4 Å². The van der Waals surface area contributed by atoms with Crippen LogP contribution in [0, 0.1) is 20.8 Å². The average Bonchev–Trinajstić information content (AvgIpc) is 2.74. The zero-order chi connectivity index (χ0) is 21.7. The standard InChI is InChI=1S/C22H28N2O5S/c1-16-4-5-18(3)21(14-16)29-11-8-23-22(25)20-15-19(7-6-17(20)2)30(26,27)24-9-12-28-13-10-24/h4-7,14-15H,8-13H2,1-3H3,(H,23,25). The van der Waals surface area contributed by atoms with E-state index >= 15 is 0 Å². The zero-order valence-corrected chi connectivity index (χ0v) is 18.4. The fourth-order valence-corrected chi connectivity index (χ4v) is 4.66. The molecule has 1 aliphatic rings. The molecule has 0 radical (unpaired) electrons. The van der Waals surface area contributed by atoms with Crippen LogP contribution in [0.5, 0.6) is 5.75 Å². The summed E-state index contributed by atoms with van der Waals surface area (Å²) in [5, 5.41) is 2.81. The van der Waals surface area contributed by atoms with Crippen molar-refractivity contribution in [2.24, 2.45) is 0 Å². The largest absolute Gasteiger partial charge is 0.491 e. The van der Waals surface area contributed by atoms with Crippen molar-refractivity contribution in [3.8, 4) is 5.75 Å². The molecule has 1 saturated heterocycles. The van der Waals surface area contributed by atoms with Crippen LogP contribution in [0.2, 0.25) is 0 Å². The Bertz CT molecular complexity index is 1010. The maximum atomic E-state index is 12.9. The van der Waals surface area contributed by atoms with Gasteiger partial charge in [-0.15, -0.1) is 0 Å². The van der Waals surface area contributed by atoms with Crippen molar-refractivity contribution >= 4 is 15.9 Å². The molecule has 30 heavy (non-hydrogen) atoms. The van der Waals surface area contributed by atoms with Crippen LogP contribution in [0.4, 0.5) is 0 Å². The van der Waals surface area contributed by atoms with Crippen molar-refractivity contribution in [3.05, 3.63) is 58.7 Å². The molecule has 3 rings (SSSR count). The van der Waals surface area contributed by atoms with Gasteiger partial charge in [0, 0.05) is 18.7 Å². The Kier molecular flexibility index (Phi) is 7.12. The van der Waals surface area contributed by atoms with E-state index in [0.29, 0.717) is 50.6 Å².